The van der Waals surface area contributed by atoms with Gasteiger partial charge in [-0.3, -0.25) is 0 Å². The molecule has 0 aliphatic rings. The second-order valence-corrected chi connectivity index (χ2v) is 8.21. The normalized spacial score (nSPS) is 10.9. The highest BCUT2D eigenvalue weighted by Crippen LogP contribution is 2.26. The standard InChI is InChI=1S/C20H19FN6OS2/c1-13-6-8-14(9-7-13)23-19-24-15(11-29-19)12-30-20-26-25-18(27(20)22)10-28-17-5-3-2-4-16(17)21/h2-9,11H,10,12,22H2,1H3,(H,23,24). The van der Waals surface area contributed by atoms with Gasteiger partial charge in [0.25, 0.3) is 0 Å². The van der Waals surface area contributed by atoms with Crippen LogP contribution >= 0.6 is 23.1 Å². The van der Waals surface area contributed by atoms with E-state index >= 15 is 0 Å². The van der Waals surface area contributed by atoms with Crippen LogP contribution in [-0.2, 0) is 12.4 Å². The molecule has 0 aliphatic carbocycles. The van der Waals surface area contributed by atoms with Crippen molar-refractivity contribution in [1.29, 1.82) is 0 Å². The molecule has 2 heterocycles. The number of nitrogen functional groups attached to an aromatic ring is 1. The lowest BCUT2D eigenvalue weighted by molar-refractivity contribution is 0.277. The predicted molar refractivity (Wildman–Crippen MR) is 117 cm³/mol. The average molecular weight is 443 g/mol. The van der Waals surface area contributed by atoms with Crippen molar-refractivity contribution in [3.8, 4) is 5.75 Å². The van der Waals surface area contributed by atoms with Gasteiger partial charge in [-0.25, -0.2) is 14.1 Å². The molecule has 0 radical (unpaired) electrons. The quantitative estimate of drug-likeness (QED) is 0.306. The molecule has 3 N–H and O–H groups in total. The number of aryl methyl sites for hydroxylation is 1. The summed E-state index contributed by atoms with van der Waals surface area (Å²) in [4.78, 5) is 4.59. The predicted octanol–water partition coefficient (Wildman–Crippen LogP) is 4.51. The lowest BCUT2D eigenvalue weighted by Crippen LogP contribution is -2.16. The highest BCUT2D eigenvalue weighted by atomic mass is 32.2. The first kappa shape index (κ1) is 20.2. The van der Waals surface area contributed by atoms with Crippen LogP contribution in [-0.4, -0.2) is 19.9 Å². The minimum Gasteiger partial charge on any atom is -0.482 e. The number of ether oxygens (including phenoxy) is 1. The van der Waals surface area contributed by atoms with Crippen molar-refractivity contribution in [1.82, 2.24) is 19.9 Å². The Labute approximate surface area is 181 Å². The molecule has 0 saturated heterocycles. The Kier molecular flexibility index (Phi) is 6.15. The third-order valence-electron chi connectivity index (χ3n) is 4.13. The van der Waals surface area contributed by atoms with Gasteiger partial charge in [0.2, 0.25) is 5.16 Å². The van der Waals surface area contributed by atoms with E-state index in [0.29, 0.717) is 16.7 Å². The summed E-state index contributed by atoms with van der Waals surface area (Å²) < 4.78 is 20.4. The van der Waals surface area contributed by atoms with Crippen molar-refractivity contribution in [3.63, 3.8) is 0 Å². The van der Waals surface area contributed by atoms with Gasteiger partial charge in [0.15, 0.2) is 22.5 Å². The molecular formula is C20H19FN6OS2. The second kappa shape index (κ2) is 9.14. The number of nitrogens with zero attached hydrogens (tertiary/aromatic N) is 4. The third kappa shape index (κ3) is 4.89. The molecule has 4 rings (SSSR count). The number of benzene rings is 2. The monoisotopic (exact) mass is 442 g/mol. The molecule has 30 heavy (non-hydrogen) atoms. The van der Waals surface area contributed by atoms with Gasteiger partial charge < -0.3 is 15.9 Å². The Hall–Kier alpha value is -3.11. The van der Waals surface area contributed by atoms with Crippen molar-refractivity contribution in [2.75, 3.05) is 11.2 Å². The molecule has 0 amide bonds. The molecule has 0 spiro atoms. The molecule has 0 fully saturated rings. The van der Waals surface area contributed by atoms with Crippen molar-refractivity contribution in [3.05, 3.63) is 76.8 Å². The molecule has 4 aromatic rings. The summed E-state index contributed by atoms with van der Waals surface area (Å²) in [6.45, 7) is 2.07. The first-order chi connectivity index (χ1) is 14.6. The maximum absolute atomic E-state index is 13.6. The number of anilines is 2. The first-order valence-corrected chi connectivity index (χ1v) is 10.9. The Morgan fingerprint density at radius 1 is 1.17 bits per heavy atom. The average Bonchev–Trinajstić information content (AvgIpc) is 3.34. The maximum atomic E-state index is 13.6. The fourth-order valence-electron chi connectivity index (χ4n) is 2.54. The number of para-hydroxylation sites is 1. The summed E-state index contributed by atoms with van der Waals surface area (Å²) in [6.07, 6.45) is 0. The Morgan fingerprint density at radius 2 is 1.97 bits per heavy atom. The topological polar surface area (TPSA) is 90.9 Å². The third-order valence-corrected chi connectivity index (χ3v) is 5.92. The summed E-state index contributed by atoms with van der Waals surface area (Å²) in [5, 5.41) is 14.8. The smallest absolute Gasteiger partial charge is 0.210 e. The van der Waals surface area contributed by atoms with Crippen LogP contribution in [0.15, 0.2) is 59.1 Å². The number of hydrogen-bond acceptors (Lipinski definition) is 8. The molecule has 2 aromatic carbocycles. The van der Waals surface area contributed by atoms with E-state index in [2.05, 4.69) is 27.4 Å². The Bertz CT molecular complexity index is 1130. The lowest BCUT2D eigenvalue weighted by Gasteiger charge is -2.06. The van der Waals surface area contributed by atoms with E-state index in [4.69, 9.17) is 10.6 Å². The van der Waals surface area contributed by atoms with E-state index in [0.717, 1.165) is 16.5 Å². The first-order valence-electron chi connectivity index (χ1n) is 9.06. The molecule has 0 aliphatic heterocycles. The van der Waals surface area contributed by atoms with Crippen molar-refractivity contribution in [2.24, 2.45) is 0 Å². The number of aromatic nitrogens is 4. The summed E-state index contributed by atoms with van der Waals surface area (Å²) >= 11 is 2.95. The highest BCUT2D eigenvalue weighted by Gasteiger charge is 2.13. The minimum absolute atomic E-state index is 0.0202. The summed E-state index contributed by atoms with van der Waals surface area (Å²) in [5.41, 5.74) is 3.11. The van der Waals surface area contributed by atoms with E-state index < -0.39 is 5.82 Å². The fourth-order valence-corrected chi connectivity index (χ4v) is 4.14. The van der Waals surface area contributed by atoms with Crippen LogP contribution in [0.2, 0.25) is 0 Å². The van der Waals surface area contributed by atoms with E-state index in [-0.39, 0.29) is 12.4 Å². The van der Waals surface area contributed by atoms with Crippen molar-refractivity contribution < 1.29 is 9.13 Å². The Balaban J connectivity index is 1.33. The van der Waals surface area contributed by atoms with Crippen LogP contribution in [0.5, 0.6) is 5.75 Å². The zero-order valence-electron chi connectivity index (χ0n) is 16.1. The molecule has 0 bridgehead atoms. The van der Waals surface area contributed by atoms with Gasteiger partial charge in [0.1, 0.15) is 6.61 Å². The van der Waals surface area contributed by atoms with Gasteiger partial charge in [-0.05, 0) is 31.2 Å². The summed E-state index contributed by atoms with van der Waals surface area (Å²) in [7, 11) is 0. The van der Waals surface area contributed by atoms with Crippen molar-refractivity contribution in [2.45, 2.75) is 24.4 Å². The van der Waals surface area contributed by atoms with E-state index in [1.165, 1.54) is 39.4 Å². The van der Waals surface area contributed by atoms with Crippen LogP contribution in [0.25, 0.3) is 0 Å². The van der Waals surface area contributed by atoms with E-state index in [1.807, 2.05) is 29.6 Å². The molecule has 10 heteroatoms. The summed E-state index contributed by atoms with van der Waals surface area (Å²) in [5.74, 6) is 6.76. The van der Waals surface area contributed by atoms with Crippen LogP contribution in [0.4, 0.5) is 15.2 Å². The van der Waals surface area contributed by atoms with Crippen LogP contribution < -0.4 is 15.9 Å². The molecule has 0 unspecified atom stereocenters. The number of rotatable bonds is 8. The largest absolute Gasteiger partial charge is 0.482 e. The number of nitrogens with one attached hydrogen (secondary N) is 1. The zero-order chi connectivity index (χ0) is 20.9. The SMILES string of the molecule is Cc1ccc(Nc2nc(CSc3nnc(COc4ccccc4F)n3N)cs2)cc1. The number of hydrogen-bond donors (Lipinski definition) is 2. The highest BCUT2D eigenvalue weighted by molar-refractivity contribution is 7.98. The Morgan fingerprint density at radius 3 is 2.77 bits per heavy atom. The van der Waals surface area contributed by atoms with Gasteiger partial charge in [-0.1, -0.05) is 41.6 Å². The molecular weight excluding hydrogens is 423 g/mol. The molecule has 2 aromatic heterocycles. The molecule has 7 nitrogen and oxygen atoms in total. The van der Waals surface area contributed by atoms with E-state index in [1.54, 1.807) is 18.2 Å². The maximum Gasteiger partial charge on any atom is 0.210 e. The van der Waals surface area contributed by atoms with E-state index in [9.17, 15) is 4.39 Å². The van der Waals surface area contributed by atoms with Gasteiger partial charge in [0, 0.05) is 16.8 Å². The number of halogens is 1. The van der Waals surface area contributed by atoms with Gasteiger partial charge in [-0.15, -0.1) is 21.5 Å². The van der Waals surface area contributed by atoms with Crippen LogP contribution in [0, 0.1) is 12.7 Å². The van der Waals surface area contributed by atoms with Crippen molar-refractivity contribution >= 4 is 33.9 Å². The van der Waals surface area contributed by atoms with Crippen LogP contribution in [0.1, 0.15) is 17.1 Å². The second-order valence-electron chi connectivity index (χ2n) is 6.41. The van der Waals surface area contributed by atoms with Gasteiger partial charge in [-0.2, -0.15) is 0 Å². The fraction of sp³-hybridized carbons (Fsp3) is 0.150. The molecule has 0 atom stereocenters. The minimum atomic E-state index is -0.436. The van der Waals surface area contributed by atoms with Gasteiger partial charge in [0.05, 0.1) is 5.69 Å². The number of thiazole rings is 1. The summed E-state index contributed by atoms with van der Waals surface area (Å²) in [6, 6.07) is 14.3. The van der Waals surface area contributed by atoms with Crippen LogP contribution in [0.3, 0.4) is 0 Å². The number of thioether (sulfide) groups is 1. The molecule has 0 saturated carbocycles. The zero-order valence-corrected chi connectivity index (χ0v) is 17.7. The lowest BCUT2D eigenvalue weighted by atomic mass is 10.2. The van der Waals surface area contributed by atoms with Gasteiger partial charge >= 0.3 is 0 Å². The number of nitrogens with two attached hydrogens (primary N) is 1. The molecule has 154 valence electrons.